The van der Waals surface area contributed by atoms with Crippen molar-refractivity contribution < 1.29 is 64.7 Å². The van der Waals surface area contributed by atoms with Crippen LogP contribution in [0.3, 0.4) is 0 Å². The van der Waals surface area contributed by atoms with Gasteiger partial charge in [-0.1, -0.05) is 0 Å². The van der Waals surface area contributed by atoms with Crippen LogP contribution in [-0.2, 0) is 79.0 Å². The molecule has 0 fully saturated rings. The van der Waals surface area contributed by atoms with Crippen molar-refractivity contribution in [1.82, 2.24) is 0 Å². The van der Waals surface area contributed by atoms with Gasteiger partial charge < -0.3 is 27.7 Å². The Labute approximate surface area is 234 Å². The molecule has 0 unspecified atom stereocenters. The number of hydrogen-bond acceptors (Lipinski definition) is 4. The van der Waals surface area contributed by atoms with Crippen LogP contribution in [-0.4, -0.2) is 0 Å². The zero-order valence-electron chi connectivity index (χ0n) is 19.9. The summed E-state index contributed by atoms with van der Waals surface area (Å²) in [6.45, 7) is 13.0. The minimum absolute atomic E-state index is 1.27. The fourth-order valence-corrected chi connectivity index (χ4v) is 5.05. The third-order valence-electron chi connectivity index (χ3n) is 5.15. The number of benzene rings is 3. The Bertz CT molecular complexity index is 867. The average molecular weight is 639 g/mol. The molecule has 0 radical (unpaired) electrons. The molecular formula is C24H27O2PS2Zn3. The molecule has 0 aliphatic rings. The van der Waals surface area contributed by atoms with Gasteiger partial charge in [0.1, 0.15) is 0 Å². The second kappa shape index (κ2) is 16.2. The van der Waals surface area contributed by atoms with Crippen LogP contribution in [0.15, 0.2) is 54.6 Å². The molecule has 8 heteroatoms. The Morgan fingerprint density at radius 3 is 0.906 bits per heavy atom. The summed E-state index contributed by atoms with van der Waals surface area (Å²) in [6.07, 6.45) is 0. The minimum atomic E-state index is -3.72. The Morgan fingerprint density at radius 1 is 0.594 bits per heavy atom. The van der Waals surface area contributed by atoms with Gasteiger partial charge in [-0.2, -0.15) is 11.8 Å². The predicted molar refractivity (Wildman–Crippen MR) is 128 cm³/mol. The molecule has 0 spiro atoms. The van der Waals surface area contributed by atoms with Crippen LogP contribution in [0.1, 0.15) is 33.4 Å². The van der Waals surface area contributed by atoms with Gasteiger partial charge in [-0.05, 0) is 0 Å². The van der Waals surface area contributed by atoms with Crippen molar-refractivity contribution in [2.45, 2.75) is 41.5 Å². The van der Waals surface area contributed by atoms with Gasteiger partial charge >= 0.3 is 197 Å². The van der Waals surface area contributed by atoms with E-state index in [0.717, 1.165) is 0 Å². The van der Waals surface area contributed by atoms with E-state index < -0.39 is 5.69 Å². The van der Waals surface area contributed by atoms with Gasteiger partial charge in [0.15, 0.2) is 0 Å². The van der Waals surface area contributed by atoms with Gasteiger partial charge in [-0.25, -0.2) is 0 Å². The summed E-state index contributed by atoms with van der Waals surface area (Å²) >= 11 is 11.1. The Morgan fingerprint density at radius 2 is 0.781 bits per heavy atom. The topological polar surface area (TPSA) is 46.1 Å². The molecule has 0 bridgehead atoms. The van der Waals surface area contributed by atoms with Gasteiger partial charge in [-0.3, -0.25) is 0 Å². The second-order valence-electron chi connectivity index (χ2n) is 7.52. The van der Waals surface area contributed by atoms with Crippen LogP contribution in [0.4, 0.5) is 0 Å². The van der Waals surface area contributed by atoms with E-state index in [-0.39, 0.29) is 0 Å². The van der Waals surface area contributed by atoms with Gasteiger partial charge in [0.2, 0.25) is 0 Å². The maximum absolute atomic E-state index is 9.29. The molecule has 0 saturated carbocycles. The molecule has 3 rings (SSSR count). The Hall–Kier alpha value is 0.450. The van der Waals surface area contributed by atoms with Gasteiger partial charge in [0.05, 0.1) is 0 Å². The predicted octanol–water partition coefficient (Wildman–Crippen LogP) is 2.91. The molecule has 0 aromatic heterocycles. The maximum Gasteiger partial charge on any atom is -0.160 e. The smallest absolute Gasteiger partial charge is 0.160 e. The maximum atomic E-state index is 9.29. The molecule has 0 N–H and O–H groups in total. The first-order chi connectivity index (χ1) is 14.6. The van der Waals surface area contributed by atoms with Crippen LogP contribution in [0.2, 0.25) is 0 Å². The summed E-state index contributed by atoms with van der Waals surface area (Å²) in [5, 5.41) is 0. The van der Waals surface area contributed by atoms with E-state index in [4.69, 9.17) is 0 Å². The van der Waals surface area contributed by atoms with Crippen LogP contribution >= 0.6 is 5.69 Å². The molecule has 0 aliphatic heterocycles. The quantitative estimate of drug-likeness (QED) is 0.216. The van der Waals surface area contributed by atoms with Crippen molar-refractivity contribution in [2.75, 3.05) is 0 Å². The average Bonchev–Trinajstić information content (AvgIpc) is 2.68. The molecule has 2 nitrogen and oxygen atoms in total. The van der Waals surface area contributed by atoms with Crippen LogP contribution in [0.5, 0.6) is 0 Å². The first-order valence-electron chi connectivity index (χ1n) is 10.0. The Kier molecular flexibility index (Phi) is 16.4. The van der Waals surface area contributed by atoms with E-state index in [0.29, 0.717) is 0 Å². The molecule has 0 amide bonds. The Balaban J connectivity index is 0.000000410. The number of hydrogen-bond donors (Lipinski definition) is 0. The summed E-state index contributed by atoms with van der Waals surface area (Å²) < 4.78 is 4.53. The largest absolute Gasteiger partial charge is 0.850 e. The molecule has 0 heterocycles. The van der Waals surface area contributed by atoms with E-state index in [2.05, 4.69) is 120 Å². The summed E-state index contributed by atoms with van der Waals surface area (Å²) in [6, 6.07) is 19.5. The molecule has 0 aliphatic carbocycles. The number of aryl methyl sites for hydroxylation is 3. The normalized spacial score (nSPS) is 10.1. The molecule has 32 heavy (non-hydrogen) atoms. The van der Waals surface area contributed by atoms with Crippen molar-refractivity contribution in [1.29, 1.82) is 0 Å². The summed E-state index contributed by atoms with van der Waals surface area (Å²) in [7, 11) is 0. The molecule has 158 valence electrons. The molecule has 0 saturated heterocycles. The standard InChI is InChI=1S/3C8H9.H3O2PS2.3Zn/c3*1-7-5-3-4-6-8(7)2;1-3(2,4)5;;;/h3*3-5H,1-2H3;(H3,1,2,4,5);;;/q;;;;3*+1/p-3. The first kappa shape index (κ1) is 32.5. The summed E-state index contributed by atoms with van der Waals surface area (Å²) in [4.78, 5) is 18.6. The summed E-state index contributed by atoms with van der Waals surface area (Å²) in [5.41, 5.74) is 4.93. The monoisotopic (exact) mass is 634 g/mol. The fraction of sp³-hybridized carbons (Fsp3) is 0.250. The van der Waals surface area contributed by atoms with Gasteiger partial charge in [-0.15, -0.1) is 0 Å². The van der Waals surface area contributed by atoms with E-state index in [9.17, 15) is 9.79 Å². The number of rotatable bonds is 0. The molecule has 3 aromatic rings. The third-order valence-corrected chi connectivity index (χ3v) is 9.97. The second-order valence-corrected chi connectivity index (χ2v) is 16.8. The van der Waals surface area contributed by atoms with Crippen molar-refractivity contribution in [2.24, 2.45) is 0 Å². The van der Waals surface area contributed by atoms with Gasteiger partial charge in [0, 0.05) is 0 Å². The van der Waals surface area contributed by atoms with E-state index >= 15 is 0 Å². The summed E-state index contributed by atoms with van der Waals surface area (Å²) in [5.74, 6) is 0. The molecular weight excluding hydrogens is 612 g/mol. The molecule has 0 atom stereocenters. The van der Waals surface area contributed by atoms with Crippen LogP contribution < -0.4 is 22.3 Å². The molecule has 3 aromatic carbocycles. The SMILES string of the molecule is Cc1ccc[c]([Zn+])c1C.Cc1ccc[c]([Zn+])c1C.Cc1ccc[c]([Zn+])c1C.[O-]P([O-])(=S)[S-]. The van der Waals surface area contributed by atoms with Gasteiger partial charge in [0.25, 0.3) is 0 Å². The third kappa shape index (κ3) is 14.7. The zero-order valence-corrected chi connectivity index (χ0v) is 31.3. The van der Waals surface area contributed by atoms with Crippen molar-refractivity contribution in [3.63, 3.8) is 0 Å². The van der Waals surface area contributed by atoms with E-state index in [1.165, 1.54) is 101 Å². The van der Waals surface area contributed by atoms with Crippen LogP contribution in [0.25, 0.3) is 0 Å². The van der Waals surface area contributed by atoms with Crippen molar-refractivity contribution in [3.05, 3.63) is 88.0 Å². The fourth-order valence-electron chi connectivity index (χ4n) is 2.44. The first-order valence-corrected chi connectivity index (χ1v) is 18.1. The van der Waals surface area contributed by atoms with Crippen LogP contribution in [0, 0.1) is 41.5 Å². The van der Waals surface area contributed by atoms with Crippen molar-refractivity contribution >= 4 is 42.2 Å². The van der Waals surface area contributed by atoms with Crippen molar-refractivity contribution in [3.8, 4) is 0 Å². The minimum Gasteiger partial charge on any atom is -0.850 e. The van der Waals surface area contributed by atoms with E-state index in [1.54, 1.807) is 0 Å². The van der Waals surface area contributed by atoms with E-state index in [1.807, 2.05) is 0 Å². The zero-order chi connectivity index (χ0) is 25.1.